The van der Waals surface area contributed by atoms with Gasteiger partial charge in [0, 0.05) is 13.5 Å². The number of hydrogen-bond acceptors (Lipinski definition) is 4. The molecule has 4 N–H and O–H groups in total. The van der Waals surface area contributed by atoms with Gasteiger partial charge in [0.15, 0.2) is 0 Å². The first-order chi connectivity index (χ1) is 5.59. The van der Waals surface area contributed by atoms with E-state index in [0.717, 1.165) is 0 Å². The van der Waals surface area contributed by atoms with Gasteiger partial charge in [0.25, 0.3) is 0 Å². The zero-order valence-electron chi connectivity index (χ0n) is 6.77. The zero-order valence-corrected chi connectivity index (χ0v) is 6.77. The van der Waals surface area contributed by atoms with E-state index in [1.807, 2.05) is 0 Å². The van der Waals surface area contributed by atoms with Crippen LogP contribution in [-0.4, -0.2) is 26.9 Å². The lowest BCUT2D eigenvalue weighted by molar-refractivity contribution is -0.119. The van der Waals surface area contributed by atoms with Crippen LogP contribution in [0.4, 0.5) is 0 Å². The van der Waals surface area contributed by atoms with Gasteiger partial charge in [0.05, 0.1) is 17.9 Å². The average Bonchev–Trinajstić information content (AvgIpc) is 2.35. The summed E-state index contributed by atoms with van der Waals surface area (Å²) in [5.41, 5.74) is 11.0. The van der Waals surface area contributed by atoms with Gasteiger partial charge < -0.3 is 11.5 Å². The Balaban J connectivity index is 2.58. The molecule has 1 unspecified atom stereocenters. The quantitative estimate of drug-likeness (QED) is 0.555. The van der Waals surface area contributed by atoms with E-state index in [1.165, 1.54) is 4.80 Å². The molecule has 1 aromatic heterocycles. The van der Waals surface area contributed by atoms with E-state index in [1.54, 1.807) is 13.2 Å². The molecule has 0 fully saturated rings. The molecular weight excluding hydrogens is 158 g/mol. The maximum atomic E-state index is 10.6. The monoisotopic (exact) mass is 169 g/mol. The molecule has 1 atom stereocenters. The van der Waals surface area contributed by atoms with Gasteiger partial charge in [-0.2, -0.15) is 15.0 Å². The summed E-state index contributed by atoms with van der Waals surface area (Å²) in [6, 6.07) is -0.679. The number of nitrogens with two attached hydrogens (primary N) is 2. The van der Waals surface area contributed by atoms with E-state index in [2.05, 4.69) is 10.2 Å². The standard InChI is InChI=1S/C6H11N5O/c1-11-9-3-4(10-11)2-5(7)6(8)12/h3,5H,2,7H2,1H3,(H2,8,12). The van der Waals surface area contributed by atoms with Crippen molar-refractivity contribution in [1.29, 1.82) is 0 Å². The Kier molecular flexibility index (Phi) is 2.39. The van der Waals surface area contributed by atoms with Crippen LogP contribution in [0.1, 0.15) is 5.69 Å². The maximum Gasteiger partial charge on any atom is 0.234 e. The normalized spacial score (nSPS) is 12.8. The highest BCUT2D eigenvalue weighted by molar-refractivity contribution is 5.79. The number of aromatic nitrogens is 3. The Hall–Kier alpha value is -1.43. The summed E-state index contributed by atoms with van der Waals surface area (Å²) in [5.74, 6) is -0.527. The van der Waals surface area contributed by atoms with Crippen LogP contribution in [0.3, 0.4) is 0 Å². The third-order valence-corrected chi connectivity index (χ3v) is 1.44. The van der Waals surface area contributed by atoms with Crippen LogP contribution in [0.5, 0.6) is 0 Å². The van der Waals surface area contributed by atoms with Gasteiger partial charge in [0.2, 0.25) is 5.91 Å². The molecule has 0 saturated carbocycles. The Bertz CT molecular complexity index is 281. The van der Waals surface area contributed by atoms with Crippen molar-refractivity contribution >= 4 is 5.91 Å². The van der Waals surface area contributed by atoms with E-state index in [9.17, 15) is 4.79 Å². The Morgan fingerprint density at radius 3 is 2.92 bits per heavy atom. The molecule has 1 aromatic rings. The Morgan fingerprint density at radius 1 is 1.83 bits per heavy atom. The summed E-state index contributed by atoms with van der Waals surface area (Å²) in [4.78, 5) is 12.0. The van der Waals surface area contributed by atoms with Crippen LogP contribution in [-0.2, 0) is 18.3 Å². The third-order valence-electron chi connectivity index (χ3n) is 1.44. The highest BCUT2D eigenvalue weighted by Gasteiger charge is 2.11. The molecule has 1 amide bonds. The second-order valence-corrected chi connectivity index (χ2v) is 2.54. The Labute approximate surface area is 69.5 Å². The van der Waals surface area contributed by atoms with Gasteiger partial charge in [-0.25, -0.2) is 0 Å². The average molecular weight is 169 g/mol. The van der Waals surface area contributed by atoms with Gasteiger partial charge in [-0.3, -0.25) is 4.79 Å². The number of rotatable bonds is 3. The summed E-state index contributed by atoms with van der Waals surface area (Å²) >= 11 is 0. The van der Waals surface area contributed by atoms with E-state index >= 15 is 0 Å². The number of carbonyl (C=O) groups is 1. The molecule has 0 aliphatic rings. The van der Waals surface area contributed by atoms with Crippen LogP contribution in [0.15, 0.2) is 6.20 Å². The summed E-state index contributed by atoms with van der Waals surface area (Å²) in [7, 11) is 1.69. The van der Waals surface area contributed by atoms with Gasteiger partial charge in [-0.1, -0.05) is 0 Å². The topological polar surface area (TPSA) is 99.8 Å². The molecule has 0 saturated heterocycles. The SMILES string of the molecule is Cn1ncc(CC(N)C(N)=O)n1. The van der Waals surface area contributed by atoms with E-state index in [4.69, 9.17) is 11.5 Å². The molecule has 6 heteroatoms. The lowest BCUT2D eigenvalue weighted by Crippen LogP contribution is -2.38. The van der Waals surface area contributed by atoms with Gasteiger partial charge in [-0.15, -0.1) is 0 Å². The second-order valence-electron chi connectivity index (χ2n) is 2.54. The number of amides is 1. The first-order valence-corrected chi connectivity index (χ1v) is 3.49. The van der Waals surface area contributed by atoms with Crippen molar-refractivity contribution in [1.82, 2.24) is 15.0 Å². The molecule has 12 heavy (non-hydrogen) atoms. The minimum atomic E-state index is -0.679. The highest BCUT2D eigenvalue weighted by Crippen LogP contribution is 1.94. The van der Waals surface area contributed by atoms with Crippen LogP contribution < -0.4 is 11.5 Å². The van der Waals surface area contributed by atoms with Gasteiger partial charge >= 0.3 is 0 Å². The van der Waals surface area contributed by atoms with Crippen molar-refractivity contribution in [3.63, 3.8) is 0 Å². The smallest absolute Gasteiger partial charge is 0.234 e. The first-order valence-electron chi connectivity index (χ1n) is 3.49. The van der Waals surface area contributed by atoms with Crippen LogP contribution >= 0.6 is 0 Å². The zero-order chi connectivity index (χ0) is 9.14. The molecule has 6 nitrogen and oxygen atoms in total. The highest BCUT2D eigenvalue weighted by atomic mass is 16.1. The number of hydrogen-bond donors (Lipinski definition) is 2. The van der Waals surface area contributed by atoms with Crippen molar-refractivity contribution < 1.29 is 4.79 Å². The van der Waals surface area contributed by atoms with Gasteiger partial charge in [0.1, 0.15) is 0 Å². The second kappa shape index (κ2) is 3.31. The number of primary amides is 1. The van der Waals surface area contributed by atoms with E-state index < -0.39 is 11.9 Å². The fraction of sp³-hybridized carbons (Fsp3) is 0.500. The van der Waals surface area contributed by atoms with Crippen molar-refractivity contribution in [2.24, 2.45) is 18.5 Å². The summed E-state index contributed by atoms with van der Waals surface area (Å²) < 4.78 is 0. The van der Waals surface area contributed by atoms with Crippen LogP contribution in [0, 0.1) is 0 Å². The minimum absolute atomic E-state index is 0.336. The molecule has 1 rings (SSSR count). The number of nitrogens with zero attached hydrogens (tertiary/aromatic N) is 3. The largest absolute Gasteiger partial charge is 0.368 e. The van der Waals surface area contributed by atoms with E-state index in [-0.39, 0.29) is 0 Å². The van der Waals surface area contributed by atoms with Crippen LogP contribution in [0.25, 0.3) is 0 Å². The fourth-order valence-corrected chi connectivity index (χ4v) is 0.807. The molecule has 66 valence electrons. The molecule has 0 spiro atoms. The lowest BCUT2D eigenvalue weighted by Gasteiger charge is -2.02. The molecule has 0 aliphatic heterocycles. The number of carbonyl (C=O) groups excluding carboxylic acids is 1. The van der Waals surface area contributed by atoms with Crippen molar-refractivity contribution in [2.75, 3.05) is 0 Å². The molecule has 1 heterocycles. The van der Waals surface area contributed by atoms with Crippen molar-refractivity contribution in [3.8, 4) is 0 Å². The fourth-order valence-electron chi connectivity index (χ4n) is 0.807. The third kappa shape index (κ3) is 2.03. The molecule has 0 bridgehead atoms. The molecular formula is C6H11N5O. The van der Waals surface area contributed by atoms with Crippen molar-refractivity contribution in [2.45, 2.75) is 12.5 Å². The van der Waals surface area contributed by atoms with Crippen LogP contribution in [0.2, 0.25) is 0 Å². The Morgan fingerprint density at radius 2 is 2.50 bits per heavy atom. The predicted molar refractivity (Wildman–Crippen MR) is 41.9 cm³/mol. The molecule has 0 radical (unpaired) electrons. The maximum absolute atomic E-state index is 10.6. The first kappa shape index (κ1) is 8.66. The molecule has 0 aromatic carbocycles. The predicted octanol–water partition coefficient (Wildman–Crippen LogP) is -1.83. The molecule has 0 aliphatic carbocycles. The summed E-state index contributed by atoms with van der Waals surface area (Å²) in [6.07, 6.45) is 1.89. The number of aryl methyl sites for hydroxylation is 1. The summed E-state index contributed by atoms with van der Waals surface area (Å²) in [6.45, 7) is 0. The van der Waals surface area contributed by atoms with E-state index in [0.29, 0.717) is 12.1 Å². The summed E-state index contributed by atoms with van der Waals surface area (Å²) in [5, 5.41) is 7.78. The minimum Gasteiger partial charge on any atom is -0.368 e. The lowest BCUT2D eigenvalue weighted by atomic mass is 10.2. The van der Waals surface area contributed by atoms with Gasteiger partial charge in [-0.05, 0) is 0 Å². The van der Waals surface area contributed by atoms with Crippen molar-refractivity contribution in [3.05, 3.63) is 11.9 Å².